The van der Waals surface area contributed by atoms with Gasteiger partial charge in [-0.25, -0.2) is 32.0 Å². The van der Waals surface area contributed by atoms with E-state index in [1.54, 1.807) is 0 Å². The fraction of sp³-hybridized carbons (Fsp3) is 0.154. The van der Waals surface area contributed by atoms with Crippen LogP contribution in [0.25, 0.3) is 5.69 Å². The van der Waals surface area contributed by atoms with Gasteiger partial charge in [-0.15, -0.1) is 0 Å². The molecular formula is C13H10BrF3N4O3. The highest BCUT2D eigenvalue weighted by Crippen LogP contribution is 2.21. The van der Waals surface area contributed by atoms with Crippen molar-refractivity contribution in [1.29, 1.82) is 0 Å². The Morgan fingerprint density at radius 1 is 1.38 bits per heavy atom. The Hall–Kier alpha value is -2.56. The van der Waals surface area contributed by atoms with Crippen molar-refractivity contribution in [2.75, 3.05) is 6.61 Å². The first-order valence-electron chi connectivity index (χ1n) is 6.33. The van der Waals surface area contributed by atoms with Crippen LogP contribution in [0.1, 0.15) is 0 Å². The summed E-state index contributed by atoms with van der Waals surface area (Å²) >= 11 is 2.93. The molecule has 0 aliphatic rings. The molecule has 24 heavy (non-hydrogen) atoms. The summed E-state index contributed by atoms with van der Waals surface area (Å²) in [5.74, 6) is -1.97. The first-order valence-corrected chi connectivity index (χ1v) is 7.12. The van der Waals surface area contributed by atoms with Gasteiger partial charge in [-0.2, -0.15) is 5.10 Å². The lowest BCUT2D eigenvalue weighted by molar-refractivity contribution is 0.164. The van der Waals surface area contributed by atoms with Crippen LogP contribution in [0.2, 0.25) is 0 Å². The number of halogens is 4. The summed E-state index contributed by atoms with van der Waals surface area (Å²) in [6.45, 7) is -0.887. The fourth-order valence-electron chi connectivity index (χ4n) is 1.83. The molecule has 2 N–H and O–H groups in total. The van der Waals surface area contributed by atoms with Crippen molar-refractivity contribution in [3.8, 4) is 5.69 Å². The second kappa shape index (κ2) is 7.34. The van der Waals surface area contributed by atoms with Gasteiger partial charge in [0.05, 0.1) is 12.9 Å². The number of hydrogen-bond acceptors (Lipinski definition) is 4. The van der Waals surface area contributed by atoms with E-state index in [4.69, 9.17) is 5.73 Å². The summed E-state index contributed by atoms with van der Waals surface area (Å²) in [6, 6.07) is 1.96. The van der Waals surface area contributed by atoms with E-state index < -0.39 is 42.3 Å². The average Bonchev–Trinajstić information content (AvgIpc) is 2.83. The van der Waals surface area contributed by atoms with Crippen LogP contribution in [0.4, 0.5) is 18.0 Å². The van der Waals surface area contributed by atoms with Gasteiger partial charge in [-0.3, -0.25) is 0 Å². The summed E-state index contributed by atoms with van der Waals surface area (Å²) in [5.41, 5.74) is 3.11. The maximum Gasteiger partial charge on any atom is 0.404 e. The Morgan fingerprint density at radius 3 is 2.54 bits per heavy atom. The molecule has 0 aliphatic carbocycles. The zero-order valence-electron chi connectivity index (χ0n) is 11.9. The molecule has 1 aromatic heterocycles. The van der Waals surface area contributed by atoms with E-state index in [2.05, 4.69) is 25.8 Å². The predicted octanol–water partition coefficient (Wildman–Crippen LogP) is 2.02. The Balaban J connectivity index is 2.33. The summed E-state index contributed by atoms with van der Waals surface area (Å²) < 4.78 is 46.5. The highest BCUT2D eigenvalue weighted by molar-refractivity contribution is 9.10. The van der Waals surface area contributed by atoms with Crippen LogP contribution in [-0.2, 0) is 11.3 Å². The number of ether oxygens (including phenoxy) is 1. The first-order chi connectivity index (χ1) is 11.3. The molecule has 11 heteroatoms. The van der Waals surface area contributed by atoms with E-state index in [1.165, 1.54) is 0 Å². The molecule has 0 fully saturated rings. The van der Waals surface area contributed by atoms with Gasteiger partial charge >= 0.3 is 11.8 Å². The topological polar surface area (TPSA) is 92.1 Å². The molecule has 0 saturated carbocycles. The van der Waals surface area contributed by atoms with Crippen molar-refractivity contribution in [3.05, 3.63) is 57.0 Å². The number of carbonyl (C=O) groups excluding carboxylic acids is 1. The van der Waals surface area contributed by atoms with Crippen LogP contribution in [0.3, 0.4) is 0 Å². The lowest BCUT2D eigenvalue weighted by atomic mass is 10.3. The fourth-order valence-corrected chi connectivity index (χ4v) is 2.23. The summed E-state index contributed by atoms with van der Waals surface area (Å²) in [6.07, 6.45) is -0.108. The Labute approximate surface area is 141 Å². The zero-order chi connectivity index (χ0) is 17.9. The minimum absolute atomic E-state index is 0.120. The van der Waals surface area contributed by atoms with Crippen LogP contribution in [0.15, 0.2) is 39.6 Å². The number of aromatic nitrogens is 3. The average molecular weight is 407 g/mol. The van der Waals surface area contributed by atoms with Crippen molar-refractivity contribution in [1.82, 2.24) is 14.3 Å². The van der Waals surface area contributed by atoms with Gasteiger partial charge in [0.2, 0.25) is 0 Å². The van der Waals surface area contributed by atoms with Gasteiger partial charge in [-0.05, 0) is 12.1 Å². The van der Waals surface area contributed by atoms with Gasteiger partial charge in [0.1, 0.15) is 18.6 Å². The number of nitrogens with zero attached hydrogens (tertiary/aromatic N) is 3. The molecule has 2 rings (SSSR count). The molecule has 0 spiro atoms. The van der Waals surface area contributed by atoms with Crippen molar-refractivity contribution in [2.24, 2.45) is 5.73 Å². The standard InChI is InChI=1S/C13H10BrF3N4O3/c14-8-1-9(16)11(10(17)2-8)20-6-19-21(13(20)23)4-7(3-15)5-24-12(18)22/h1-3,6H,4-5H2,(H2,18,22)/b7-3+. The maximum absolute atomic E-state index is 13.9. The van der Waals surface area contributed by atoms with Crippen LogP contribution in [-0.4, -0.2) is 27.0 Å². The highest BCUT2D eigenvalue weighted by atomic mass is 79.9. The maximum atomic E-state index is 13.9. The van der Waals surface area contributed by atoms with Crippen LogP contribution in [0.5, 0.6) is 0 Å². The second-order valence-corrected chi connectivity index (χ2v) is 5.45. The highest BCUT2D eigenvalue weighted by Gasteiger charge is 2.17. The molecule has 1 amide bonds. The van der Waals surface area contributed by atoms with E-state index in [0.29, 0.717) is 4.57 Å². The number of benzene rings is 1. The van der Waals surface area contributed by atoms with Gasteiger partial charge in [-0.1, -0.05) is 15.9 Å². The van der Waals surface area contributed by atoms with Crippen molar-refractivity contribution in [2.45, 2.75) is 6.54 Å². The molecule has 0 bridgehead atoms. The molecule has 2 aromatic rings. The van der Waals surface area contributed by atoms with Gasteiger partial charge in [0, 0.05) is 10.0 Å². The van der Waals surface area contributed by atoms with E-state index in [-0.39, 0.29) is 16.4 Å². The Kier molecular flexibility index (Phi) is 5.44. The van der Waals surface area contributed by atoms with E-state index >= 15 is 0 Å². The summed E-state index contributed by atoms with van der Waals surface area (Å²) in [5, 5.41) is 3.65. The largest absolute Gasteiger partial charge is 0.445 e. The van der Waals surface area contributed by atoms with Gasteiger partial charge < -0.3 is 10.5 Å². The molecule has 0 radical (unpaired) electrons. The number of nitrogens with two attached hydrogens (primary N) is 1. The molecule has 7 nitrogen and oxygen atoms in total. The number of carbonyl (C=O) groups is 1. The minimum Gasteiger partial charge on any atom is -0.445 e. The minimum atomic E-state index is -1.12. The lowest BCUT2D eigenvalue weighted by Crippen LogP contribution is -2.27. The zero-order valence-corrected chi connectivity index (χ0v) is 13.5. The van der Waals surface area contributed by atoms with E-state index in [9.17, 15) is 22.8 Å². The normalized spacial score (nSPS) is 11.6. The van der Waals surface area contributed by atoms with Crippen molar-refractivity contribution < 1.29 is 22.7 Å². The third kappa shape index (κ3) is 3.85. The number of amides is 1. The quantitative estimate of drug-likeness (QED) is 0.821. The lowest BCUT2D eigenvalue weighted by Gasteiger charge is -2.06. The molecule has 0 unspecified atom stereocenters. The van der Waals surface area contributed by atoms with E-state index in [0.717, 1.165) is 23.1 Å². The molecule has 0 atom stereocenters. The molecular weight excluding hydrogens is 397 g/mol. The van der Waals surface area contributed by atoms with Crippen LogP contribution >= 0.6 is 15.9 Å². The molecule has 0 saturated heterocycles. The monoisotopic (exact) mass is 406 g/mol. The second-order valence-electron chi connectivity index (χ2n) is 4.53. The smallest absolute Gasteiger partial charge is 0.404 e. The molecule has 1 aromatic carbocycles. The molecule has 128 valence electrons. The van der Waals surface area contributed by atoms with Crippen molar-refractivity contribution >= 4 is 22.0 Å². The van der Waals surface area contributed by atoms with Crippen LogP contribution < -0.4 is 11.4 Å². The number of hydrogen-bond donors (Lipinski definition) is 1. The third-order valence-electron chi connectivity index (χ3n) is 2.86. The third-order valence-corrected chi connectivity index (χ3v) is 3.32. The first kappa shape index (κ1) is 17.8. The SMILES string of the molecule is NC(=O)OC/C(=C/F)Cn1ncn(-c2c(F)cc(Br)cc2F)c1=O. The van der Waals surface area contributed by atoms with Crippen LogP contribution in [0, 0.1) is 11.6 Å². The Morgan fingerprint density at radius 2 is 2.00 bits per heavy atom. The molecule has 0 aliphatic heterocycles. The predicted molar refractivity (Wildman–Crippen MR) is 80.2 cm³/mol. The van der Waals surface area contributed by atoms with E-state index in [1.807, 2.05) is 0 Å². The van der Waals surface area contributed by atoms with Gasteiger partial charge in [0.25, 0.3) is 0 Å². The molecule has 1 heterocycles. The summed E-state index contributed by atoms with van der Waals surface area (Å²) in [4.78, 5) is 22.7. The number of rotatable bonds is 5. The summed E-state index contributed by atoms with van der Waals surface area (Å²) in [7, 11) is 0. The van der Waals surface area contributed by atoms with Crippen molar-refractivity contribution in [3.63, 3.8) is 0 Å². The number of primary amides is 1. The Bertz CT molecular complexity index is 839. The van der Waals surface area contributed by atoms with Gasteiger partial charge in [0.15, 0.2) is 11.6 Å².